The van der Waals surface area contributed by atoms with Crippen LogP contribution in [-0.4, -0.2) is 38.8 Å². The quantitative estimate of drug-likeness (QED) is 0.820. The van der Waals surface area contributed by atoms with Crippen molar-refractivity contribution in [3.05, 3.63) is 47.0 Å². The Morgan fingerprint density at radius 2 is 1.96 bits per heavy atom. The highest BCUT2D eigenvalue weighted by molar-refractivity contribution is 6.32. The predicted octanol–water partition coefficient (Wildman–Crippen LogP) is 2.86. The van der Waals surface area contributed by atoms with Crippen molar-refractivity contribution in [3.63, 3.8) is 0 Å². The molecule has 2 aromatic rings. The molecule has 1 aliphatic rings. The van der Waals surface area contributed by atoms with Gasteiger partial charge in [-0.05, 0) is 36.4 Å². The van der Waals surface area contributed by atoms with Crippen molar-refractivity contribution in [2.24, 2.45) is 0 Å². The molecule has 0 aromatic heterocycles. The van der Waals surface area contributed by atoms with Gasteiger partial charge in [-0.25, -0.2) is 0 Å². The highest BCUT2D eigenvalue weighted by Crippen LogP contribution is 2.32. The highest BCUT2D eigenvalue weighted by Gasteiger charge is 2.17. The number of carbonyl (C=O) groups is 2. The Labute approximate surface area is 161 Å². The molecule has 27 heavy (non-hydrogen) atoms. The molecule has 0 saturated carbocycles. The normalized spacial score (nSPS) is 11.8. The fourth-order valence-corrected chi connectivity index (χ4v) is 2.96. The van der Waals surface area contributed by atoms with Crippen LogP contribution in [0.5, 0.6) is 17.2 Å². The van der Waals surface area contributed by atoms with Crippen LogP contribution in [0.15, 0.2) is 36.4 Å². The van der Waals surface area contributed by atoms with E-state index in [4.69, 9.17) is 25.8 Å². The van der Waals surface area contributed by atoms with Crippen LogP contribution in [0.3, 0.4) is 0 Å². The molecule has 142 valence electrons. The number of hydrogen-bond donors (Lipinski definition) is 1. The number of nitrogens with one attached hydrogen (secondary N) is 1. The first-order valence-corrected chi connectivity index (χ1v) is 8.67. The van der Waals surface area contributed by atoms with Gasteiger partial charge in [0.05, 0.1) is 12.1 Å². The first kappa shape index (κ1) is 18.8. The highest BCUT2D eigenvalue weighted by atomic mass is 35.5. The largest absolute Gasteiger partial charge is 0.495 e. The number of methoxy groups -OCH3 is 1. The third-order valence-electron chi connectivity index (χ3n) is 4.08. The zero-order valence-electron chi connectivity index (χ0n) is 15.0. The van der Waals surface area contributed by atoms with Gasteiger partial charge in [0.15, 0.2) is 11.5 Å². The Morgan fingerprint density at radius 1 is 1.19 bits per heavy atom. The Morgan fingerprint density at radius 3 is 2.67 bits per heavy atom. The van der Waals surface area contributed by atoms with Crippen molar-refractivity contribution in [1.29, 1.82) is 0 Å². The van der Waals surface area contributed by atoms with Crippen LogP contribution in [0.1, 0.15) is 17.3 Å². The smallest absolute Gasteiger partial charge is 0.251 e. The van der Waals surface area contributed by atoms with Gasteiger partial charge in [-0.15, -0.1) is 0 Å². The van der Waals surface area contributed by atoms with Gasteiger partial charge in [-0.1, -0.05) is 11.6 Å². The van der Waals surface area contributed by atoms with Crippen molar-refractivity contribution < 1.29 is 23.8 Å². The van der Waals surface area contributed by atoms with Crippen molar-refractivity contribution in [3.8, 4) is 17.2 Å². The third kappa shape index (κ3) is 4.25. The van der Waals surface area contributed by atoms with Crippen LogP contribution in [0.25, 0.3) is 0 Å². The van der Waals surface area contributed by atoms with Crippen molar-refractivity contribution >= 4 is 29.1 Å². The maximum atomic E-state index is 12.3. The lowest BCUT2D eigenvalue weighted by molar-refractivity contribution is -0.116. The Balaban J connectivity index is 1.62. The molecular weight excluding hydrogens is 372 g/mol. The van der Waals surface area contributed by atoms with E-state index in [-0.39, 0.29) is 25.2 Å². The molecule has 0 atom stereocenters. The minimum atomic E-state index is -0.260. The van der Waals surface area contributed by atoms with E-state index in [0.717, 1.165) is 0 Å². The molecule has 0 spiro atoms. The van der Waals surface area contributed by atoms with E-state index in [2.05, 4.69) is 5.32 Å². The summed E-state index contributed by atoms with van der Waals surface area (Å²) in [4.78, 5) is 25.8. The van der Waals surface area contributed by atoms with Gasteiger partial charge in [0, 0.05) is 31.3 Å². The second-order valence-corrected chi connectivity index (χ2v) is 6.22. The summed E-state index contributed by atoms with van der Waals surface area (Å²) in [7, 11) is 1.52. The third-order valence-corrected chi connectivity index (χ3v) is 4.38. The van der Waals surface area contributed by atoms with Crippen LogP contribution in [0.4, 0.5) is 5.69 Å². The van der Waals surface area contributed by atoms with E-state index in [0.29, 0.717) is 40.1 Å². The fourth-order valence-electron chi connectivity index (χ4n) is 2.71. The van der Waals surface area contributed by atoms with E-state index in [9.17, 15) is 9.59 Å². The van der Waals surface area contributed by atoms with Crippen LogP contribution in [0.2, 0.25) is 5.02 Å². The van der Waals surface area contributed by atoms with E-state index < -0.39 is 0 Å². The molecule has 1 heterocycles. The van der Waals surface area contributed by atoms with E-state index in [1.807, 2.05) is 0 Å². The first-order chi connectivity index (χ1) is 13.0. The molecule has 0 fully saturated rings. The predicted molar refractivity (Wildman–Crippen MR) is 101 cm³/mol. The SMILES string of the molecule is COc1ccc(N(CCNC(=O)c2ccc3c(c2)OCO3)C(C)=O)cc1Cl. The molecule has 8 heteroatoms. The van der Waals surface area contributed by atoms with Gasteiger partial charge < -0.3 is 24.4 Å². The summed E-state index contributed by atoms with van der Waals surface area (Å²) in [6.45, 7) is 2.18. The number of ether oxygens (including phenoxy) is 3. The lowest BCUT2D eigenvalue weighted by Gasteiger charge is -2.22. The molecular formula is C19H19ClN2O5. The molecule has 7 nitrogen and oxygen atoms in total. The average Bonchev–Trinajstić information content (AvgIpc) is 3.12. The van der Waals surface area contributed by atoms with E-state index in [1.165, 1.54) is 18.9 Å². The number of benzene rings is 2. The molecule has 0 radical (unpaired) electrons. The number of carbonyl (C=O) groups excluding carboxylic acids is 2. The van der Waals surface area contributed by atoms with Gasteiger partial charge in [-0.3, -0.25) is 9.59 Å². The molecule has 0 bridgehead atoms. The lowest BCUT2D eigenvalue weighted by Crippen LogP contribution is -2.37. The summed E-state index contributed by atoms with van der Waals surface area (Å²) in [5, 5.41) is 3.20. The summed E-state index contributed by atoms with van der Waals surface area (Å²) >= 11 is 6.13. The van der Waals surface area contributed by atoms with Gasteiger partial charge in [0.2, 0.25) is 12.7 Å². The molecule has 2 aromatic carbocycles. The number of nitrogens with zero attached hydrogens (tertiary/aromatic N) is 1. The molecule has 1 aliphatic heterocycles. The zero-order chi connectivity index (χ0) is 19.4. The zero-order valence-corrected chi connectivity index (χ0v) is 15.7. The van der Waals surface area contributed by atoms with Gasteiger partial charge in [0.25, 0.3) is 5.91 Å². The molecule has 2 amide bonds. The number of amides is 2. The number of fused-ring (bicyclic) bond motifs is 1. The Bertz CT molecular complexity index is 871. The number of halogens is 1. The first-order valence-electron chi connectivity index (χ1n) is 8.29. The molecule has 1 N–H and O–H groups in total. The average molecular weight is 391 g/mol. The number of anilines is 1. The van der Waals surface area contributed by atoms with Crippen molar-refractivity contribution in [2.45, 2.75) is 6.92 Å². The molecule has 0 unspecified atom stereocenters. The van der Waals surface area contributed by atoms with Gasteiger partial charge in [-0.2, -0.15) is 0 Å². The van der Waals surface area contributed by atoms with Crippen LogP contribution in [-0.2, 0) is 4.79 Å². The molecule has 0 saturated heterocycles. The summed E-state index contributed by atoms with van der Waals surface area (Å²) in [6, 6.07) is 10.1. The van der Waals surface area contributed by atoms with E-state index in [1.54, 1.807) is 36.4 Å². The van der Waals surface area contributed by atoms with Crippen molar-refractivity contribution in [2.75, 3.05) is 31.9 Å². The van der Waals surface area contributed by atoms with Crippen LogP contribution in [0, 0.1) is 0 Å². The van der Waals surface area contributed by atoms with Gasteiger partial charge >= 0.3 is 0 Å². The Kier molecular flexibility index (Phi) is 5.71. The van der Waals surface area contributed by atoms with Crippen LogP contribution < -0.4 is 24.4 Å². The van der Waals surface area contributed by atoms with Gasteiger partial charge in [0.1, 0.15) is 5.75 Å². The van der Waals surface area contributed by atoms with Crippen molar-refractivity contribution in [1.82, 2.24) is 5.32 Å². The number of rotatable bonds is 6. The minimum Gasteiger partial charge on any atom is -0.495 e. The number of hydrogen-bond acceptors (Lipinski definition) is 5. The second kappa shape index (κ2) is 8.18. The minimum absolute atomic E-state index is 0.151. The summed E-state index contributed by atoms with van der Waals surface area (Å²) in [6.07, 6.45) is 0. The Hall–Kier alpha value is -2.93. The van der Waals surface area contributed by atoms with E-state index >= 15 is 0 Å². The summed E-state index contributed by atoms with van der Waals surface area (Å²) < 4.78 is 15.6. The summed E-state index contributed by atoms with van der Waals surface area (Å²) in [5.41, 5.74) is 1.09. The fraction of sp³-hybridized carbons (Fsp3) is 0.263. The monoisotopic (exact) mass is 390 g/mol. The summed E-state index contributed by atoms with van der Waals surface area (Å²) in [5.74, 6) is 1.27. The maximum absolute atomic E-state index is 12.3. The maximum Gasteiger partial charge on any atom is 0.251 e. The molecule has 0 aliphatic carbocycles. The second-order valence-electron chi connectivity index (χ2n) is 5.81. The van der Waals surface area contributed by atoms with Crippen LogP contribution >= 0.6 is 11.6 Å². The topological polar surface area (TPSA) is 77.1 Å². The standard InChI is InChI=1S/C19H19ClN2O5/c1-12(23)22(14-4-6-16(25-2)15(20)10-14)8-7-21-19(24)13-3-5-17-18(9-13)27-11-26-17/h3-6,9-10H,7-8,11H2,1-2H3,(H,21,24). The lowest BCUT2D eigenvalue weighted by atomic mass is 10.2. The molecule has 3 rings (SSSR count).